The molecule has 0 spiro atoms. The Morgan fingerprint density at radius 1 is 1.00 bits per heavy atom. The van der Waals surface area contributed by atoms with Crippen molar-refractivity contribution in [2.45, 2.75) is 6.92 Å². The Kier molecular flexibility index (Phi) is 3.81. The number of aryl methyl sites for hydroxylation is 1. The number of carboxylic acids is 1. The van der Waals surface area contributed by atoms with Crippen molar-refractivity contribution in [1.82, 2.24) is 0 Å². The largest absolute Gasteiger partial charge is 0.478 e. The maximum Gasteiger partial charge on any atom is 0.336 e. The SMILES string of the molecule is Cc1ccc(-c2ccc(-c3ccc(C=O)o3)c(C(=O)O)c2)cc1. The lowest BCUT2D eigenvalue weighted by Gasteiger charge is -2.08. The fourth-order valence-electron chi connectivity index (χ4n) is 2.42. The number of aldehydes is 1. The maximum atomic E-state index is 11.6. The first-order valence-electron chi connectivity index (χ1n) is 7.08. The van der Waals surface area contributed by atoms with Crippen molar-refractivity contribution in [1.29, 1.82) is 0 Å². The molecule has 0 unspecified atom stereocenters. The Morgan fingerprint density at radius 2 is 1.70 bits per heavy atom. The van der Waals surface area contributed by atoms with Crippen LogP contribution in [0.15, 0.2) is 59.0 Å². The summed E-state index contributed by atoms with van der Waals surface area (Å²) in [6.45, 7) is 2.00. The van der Waals surface area contributed by atoms with E-state index in [0.717, 1.165) is 16.7 Å². The maximum absolute atomic E-state index is 11.6. The number of hydrogen-bond donors (Lipinski definition) is 1. The fourth-order valence-corrected chi connectivity index (χ4v) is 2.42. The van der Waals surface area contributed by atoms with Gasteiger partial charge in [0.2, 0.25) is 0 Å². The van der Waals surface area contributed by atoms with Crippen molar-refractivity contribution in [3.63, 3.8) is 0 Å². The molecule has 23 heavy (non-hydrogen) atoms. The van der Waals surface area contributed by atoms with Crippen LogP contribution in [0.1, 0.15) is 26.5 Å². The molecule has 2 aromatic carbocycles. The molecule has 0 fully saturated rings. The number of carboxylic acid groups (broad SMARTS) is 1. The van der Waals surface area contributed by atoms with Gasteiger partial charge in [-0.05, 0) is 42.3 Å². The van der Waals surface area contributed by atoms with Gasteiger partial charge in [-0.3, -0.25) is 4.79 Å². The van der Waals surface area contributed by atoms with Crippen LogP contribution in [0.25, 0.3) is 22.5 Å². The van der Waals surface area contributed by atoms with E-state index in [1.54, 1.807) is 18.2 Å². The van der Waals surface area contributed by atoms with E-state index in [9.17, 15) is 14.7 Å². The molecule has 0 aliphatic carbocycles. The number of rotatable bonds is 4. The predicted octanol–water partition coefficient (Wildman–Crippen LogP) is 4.43. The van der Waals surface area contributed by atoms with Crippen LogP contribution in [0.2, 0.25) is 0 Å². The summed E-state index contributed by atoms with van der Waals surface area (Å²) < 4.78 is 5.34. The first kappa shape index (κ1) is 14.8. The van der Waals surface area contributed by atoms with Gasteiger partial charge in [-0.1, -0.05) is 35.9 Å². The number of aromatic carboxylic acids is 1. The second-order valence-corrected chi connectivity index (χ2v) is 5.25. The molecule has 0 atom stereocenters. The standard InChI is InChI=1S/C19H14O4/c1-12-2-4-13(5-3-12)14-6-8-16(17(10-14)19(21)22)18-9-7-15(11-20)23-18/h2-11H,1H3,(H,21,22). The molecule has 0 amide bonds. The molecule has 1 aromatic heterocycles. The second kappa shape index (κ2) is 5.93. The topological polar surface area (TPSA) is 67.5 Å². The lowest BCUT2D eigenvalue weighted by atomic mass is 9.97. The monoisotopic (exact) mass is 306 g/mol. The molecule has 1 N–H and O–H groups in total. The summed E-state index contributed by atoms with van der Waals surface area (Å²) in [5.74, 6) is -0.517. The molecule has 1 heterocycles. The van der Waals surface area contributed by atoms with Crippen LogP contribution in [0, 0.1) is 6.92 Å². The number of furan rings is 1. The third-order valence-corrected chi connectivity index (χ3v) is 3.64. The molecule has 0 saturated carbocycles. The van der Waals surface area contributed by atoms with E-state index in [1.165, 1.54) is 6.07 Å². The van der Waals surface area contributed by atoms with Gasteiger partial charge < -0.3 is 9.52 Å². The van der Waals surface area contributed by atoms with Crippen LogP contribution in [-0.4, -0.2) is 17.4 Å². The Hall–Kier alpha value is -3.14. The zero-order valence-corrected chi connectivity index (χ0v) is 12.4. The van der Waals surface area contributed by atoms with Crippen molar-refractivity contribution in [3.05, 3.63) is 71.5 Å². The van der Waals surface area contributed by atoms with E-state index in [1.807, 2.05) is 37.3 Å². The van der Waals surface area contributed by atoms with Gasteiger partial charge in [0.15, 0.2) is 12.0 Å². The highest BCUT2D eigenvalue weighted by Gasteiger charge is 2.16. The molecular formula is C19H14O4. The smallest absolute Gasteiger partial charge is 0.336 e. The van der Waals surface area contributed by atoms with E-state index >= 15 is 0 Å². The van der Waals surface area contributed by atoms with Crippen molar-refractivity contribution in [2.75, 3.05) is 0 Å². The van der Waals surface area contributed by atoms with Crippen molar-refractivity contribution >= 4 is 12.3 Å². The number of carbonyl (C=O) groups is 2. The van der Waals surface area contributed by atoms with E-state index in [-0.39, 0.29) is 11.3 Å². The summed E-state index contributed by atoms with van der Waals surface area (Å²) in [6, 6.07) is 16.1. The van der Waals surface area contributed by atoms with Gasteiger partial charge in [0.25, 0.3) is 0 Å². The zero-order chi connectivity index (χ0) is 16.4. The van der Waals surface area contributed by atoms with E-state index in [4.69, 9.17) is 4.42 Å². The van der Waals surface area contributed by atoms with E-state index in [0.29, 0.717) is 17.6 Å². The Morgan fingerprint density at radius 3 is 2.30 bits per heavy atom. The van der Waals surface area contributed by atoms with Crippen molar-refractivity contribution in [3.8, 4) is 22.5 Å². The predicted molar refractivity (Wildman–Crippen MR) is 86.7 cm³/mol. The Labute approximate surface area is 133 Å². The molecule has 0 radical (unpaired) electrons. The van der Waals surface area contributed by atoms with Crippen molar-refractivity contribution in [2.24, 2.45) is 0 Å². The molecule has 114 valence electrons. The lowest BCUT2D eigenvalue weighted by Crippen LogP contribution is -1.99. The molecular weight excluding hydrogens is 292 g/mol. The molecule has 3 aromatic rings. The fraction of sp³-hybridized carbons (Fsp3) is 0.0526. The highest BCUT2D eigenvalue weighted by atomic mass is 16.4. The van der Waals surface area contributed by atoms with Crippen LogP contribution in [0.5, 0.6) is 0 Å². The summed E-state index contributed by atoms with van der Waals surface area (Å²) in [6.07, 6.45) is 0.588. The Bertz CT molecular complexity index is 873. The van der Waals surface area contributed by atoms with Crippen LogP contribution in [0.4, 0.5) is 0 Å². The van der Waals surface area contributed by atoms with E-state index in [2.05, 4.69) is 0 Å². The third kappa shape index (κ3) is 2.92. The number of hydrogen-bond acceptors (Lipinski definition) is 3. The first-order valence-corrected chi connectivity index (χ1v) is 7.08. The van der Waals surface area contributed by atoms with Gasteiger partial charge in [-0.15, -0.1) is 0 Å². The molecule has 3 rings (SSSR count). The van der Waals surface area contributed by atoms with Gasteiger partial charge >= 0.3 is 5.97 Å². The molecule has 4 nitrogen and oxygen atoms in total. The summed E-state index contributed by atoms with van der Waals surface area (Å²) in [5.41, 5.74) is 3.48. The van der Waals surface area contributed by atoms with Crippen LogP contribution in [0.3, 0.4) is 0 Å². The third-order valence-electron chi connectivity index (χ3n) is 3.64. The highest BCUT2D eigenvalue weighted by molar-refractivity contribution is 5.97. The molecule has 0 aliphatic rings. The van der Waals surface area contributed by atoms with Crippen LogP contribution < -0.4 is 0 Å². The van der Waals surface area contributed by atoms with Gasteiger partial charge in [0.1, 0.15) is 5.76 Å². The molecule has 0 aliphatic heterocycles. The quantitative estimate of drug-likeness (QED) is 0.724. The minimum atomic E-state index is -1.04. The van der Waals surface area contributed by atoms with Crippen LogP contribution >= 0.6 is 0 Å². The van der Waals surface area contributed by atoms with Gasteiger partial charge in [-0.2, -0.15) is 0 Å². The average molecular weight is 306 g/mol. The second-order valence-electron chi connectivity index (χ2n) is 5.25. The normalized spacial score (nSPS) is 10.5. The Balaban J connectivity index is 2.10. The van der Waals surface area contributed by atoms with Gasteiger partial charge in [0, 0.05) is 5.56 Å². The highest BCUT2D eigenvalue weighted by Crippen LogP contribution is 2.30. The summed E-state index contributed by atoms with van der Waals surface area (Å²) in [5, 5.41) is 9.50. The lowest BCUT2D eigenvalue weighted by molar-refractivity contribution is 0.0697. The molecule has 4 heteroatoms. The molecule has 0 saturated heterocycles. The average Bonchev–Trinajstić information content (AvgIpc) is 3.04. The minimum Gasteiger partial charge on any atom is -0.478 e. The summed E-state index contributed by atoms with van der Waals surface area (Å²) >= 11 is 0. The van der Waals surface area contributed by atoms with Crippen LogP contribution in [-0.2, 0) is 0 Å². The summed E-state index contributed by atoms with van der Waals surface area (Å²) in [4.78, 5) is 22.3. The number of benzene rings is 2. The minimum absolute atomic E-state index is 0.134. The summed E-state index contributed by atoms with van der Waals surface area (Å²) in [7, 11) is 0. The first-order chi connectivity index (χ1) is 11.1. The van der Waals surface area contributed by atoms with Gasteiger partial charge in [0.05, 0.1) is 5.56 Å². The van der Waals surface area contributed by atoms with E-state index < -0.39 is 5.97 Å². The number of carbonyl (C=O) groups excluding carboxylic acids is 1. The van der Waals surface area contributed by atoms with Crippen molar-refractivity contribution < 1.29 is 19.1 Å². The molecule has 0 bridgehead atoms. The van der Waals surface area contributed by atoms with Gasteiger partial charge in [-0.25, -0.2) is 4.79 Å². The zero-order valence-electron chi connectivity index (χ0n) is 12.4.